The minimum absolute atomic E-state index is 0.564. The van der Waals surface area contributed by atoms with Crippen LogP contribution in [0, 0.1) is 0 Å². The highest BCUT2D eigenvalue weighted by atomic mass is 16.5. The SMILES string of the molecule is CCc1cccc(OC)c1OCc1ccccc1. The smallest absolute Gasteiger partial charge is 0.164 e. The summed E-state index contributed by atoms with van der Waals surface area (Å²) < 4.78 is 11.3. The molecule has 0 amide bonds. The summed E-state index contributed by atoms with van der Waals surface area (Å²) in [6.07, 6.45) is 0.932. The van der Waals surface area contributed by atoms with E-state index in [1.165, 1.54) is 5.56 Å². The third-order valence-corrected chi connectivity index (χ3v) is 2.89. The third kappa shape index (κ3) is 2.83. The standard InChI is InChI=1S/C16H18O2/c1-3-14-10-7-11-15(17-2)16(14)18-12-13-8-5-4-6-9-13/h4-11H,3,12H2,1-2H3. The van der Waals surface area contributed by atoms with Gasteiger partial charge >= 0.3 is 0 Å². The van der Waals surface area contributed by atoms with Crippen molar-refractivity contribution >= 4 is 0 Å². The van der Waals surface area contributed by atoms with E-state index in [0.717, 1.165) is 23.5 Å². The van der Waals surface area contributed by atoms with Crippen LogP contribution in [0.2, 0.25) is 0 Å². The largest absolute Gasteiger partial charge is 0.493 e. The lowest BCUT2D eigenvalue weighted by Crippen LogP contribution is -2.00. The maximum absolute atomic E-state index is 5.91. The molecule has 2 rings (SSSR count). The van der Waals surface area contributed by atoms with Crippen molar-refractivity contribution in [1.29, 1.82) is 0 Å². The summed E-state index contributed by atoms with van der Waals surface area (Å²) in [4.78, 5) is 0. The Morgan fingerprint density at radius 1 is 0.944 bits per heavy atom. The van der Waals surface area contributed by atoms with Gasteiger partial charge in [0.15, 0.2) is 11.5 Å². The second kappa shape index (κ2) is 6.10. The molecule has 0 aliphatic carbocycles. The molecule has 0 spiro atoms. The van der Waals surface area contributed by atoms with Crippen LogP contribution in [-0.4, -0.2) is 7.11 Å². The van der Waals surface area contributed by atoms with E-state index in [2.05, 4.69) is 25.1 Å². The molecule has 0 saturated carbocycles. The van der Waals surface area contributed by atoms with Crippen LogP contribution in [0.15, 0.2) is 48.5 Å². The van der Waals surface area contributed by atoms with Crippen LogP contribution in [0.4, 0.5) is 0 Å². The summed E-state index contributed by atoms with van der Waals surface area (Å²) in [6, 6.07) is 16.1. The second-order valence-electron chi connectivity index (χ2n) is 4.08. The van der Waals surface area contributed by atoms with Gasteiger partial charge in [-0.2, -0.15) is 0 Å². The van der Waals surface area contributed by atoms with Gasteiger partial charge in [-0.05, 0) is 23.6 Å². The maximum Gasteiger partial charge on any atom is 0.164 e. The Kier molecular flexibility index (Phi) is 4.24. The molecule has 0 unspecified atom stereocenters. The Labute approximate surface area is 108 Å². The summed E-state index contributed by atoms with van der Waals surface area (Å²) >= 11 is 0. The fourth-order valence-electron chi connectivity index (χ4n) is 1.89. The summed E-state index contributed by atoms with van der Waals surface area (Å²) in [6.45, 7) is 2.68. The molecule has 0 bridgehead atoms. The van der Waals surface area contributed by atoms with Crippen LogP contribution >= 0.6 is 0 Å². The summed E-state index contributed by atoms with van der Waals surface area (Å²) in [5, 5.41) is 0. The fourth-order valence-corrected chi connectivity index (χ4v) is 1.89. The van der Waals surface area contributed by atoms with E-state index >= 15 is 0 Å². The quantitative estimate of drug-likeness (QED) is 0.793. The molecule has 2 nitrogen and oxygen atoms in total. The average molecular weight is 242 g/mol. The molecule has 94 valence electrons. The van der Waals surface area contributed by atoms with Gasteiger partial charge in [-0.15, -0.1) is 0 Å². The Hall–Kier alpha value is -1.96. The zero-order valence-corrected chi connectivity index (χ0v) is 10.8. The number of hydrogen-bond acceptors (Lipinski definition) is 2. The van der Waals surface area contributed by atoms with Gasteiger partial charge in [-0.3, -0.25) is 0 Å². The summed E-state index contributed by atoms with van der Waals surface area (Å²) in [5.74, 6) is 1.65. The van der Waals surface area contributed by atoms with Crippen LogP contribution in [0.1, 0.15) is 18.1 Å². The number of hydrogen-bond donors (Lipinski definition) is 0. The molecule has 2 heteroatoms. The van der Waals surface area contributed by atoms with Gasteiger partial charge in [0.2, 0.25) is 0 Å². The van der Waals surface area contributed by atoms with Gasteiger partial charge in [-0.25, -0.2) is 0 Å². The van der Waals surface area contributed by atoms with Gasteiger partial charge in [0.25, 0.3) is 0 Å². The number of benzene rings is 2. The molecule has 18 heavy (non-hydrogen) atoms. The van der Waals surface area contributed by atoms with Gasteiger partial charge in [-0.1, -0.05) is 49.4 Å². The number of aryl methyl sites for hydroxylation is 1. The Morgan fingerprint density at radius 3 is 2.39 bits per heavy atom. The number of para-hydroxylation sites is 1. The Morgan fingerprint density at radius 2 is 1.72 bits per heavy atom. The summed E-state index contributed by atoms with van der Waals surface area (Å²) in [7, 11) is 1.67. The Balaban J connectivity index is 2.17. The first-order chi connectivity index (χ1) is 8.85. The van der Waals surface area contributed by atoms with Crippen molar-refractivity contribution in [3.63, 3.8) is 0 Å². The van der Waals surface area contributed by atoms with E-state index < -0.39 is 0 Å². The van der Waals surface area contributed by atoms with Crippen LogP contribution in [0.3, 0.4) is 0 Å². The van der Waals surface area contributed by atoms with E-state index in [1.54, 1.807) is 7.11 Å². The molecular formula is C16H18O2. The molecule has 0 fully saturated rings. The number of methoxy groups -OCH3 is 1. The van der Waals surface area contributed by atoms with E-state index in [0.29, 0.717) is 6.61 Å². The van der Waals surface area contributed by atoms with Crippen LogP contribution in [0.5, 0.6) is 11.5 Å². The maximum atomic E-state index is 5.91. The fraction of sp³-hybridized carbons (Fsp3) is 0.250. The van der Waals surface area contributed by atoms with Crippen LogP contribution < -0.4 is 9.47 Å². The first-order valence-electron chi connectivity index (χ1n) is 6.17. The molecular weight excluding hydrogens is 224 g/mol. The van der Waals surface area contributed by atoms with Crippen molar-refractivity contribution in [3.8, 4) is 11.5 Å². The number of rotatable bonds is 5. The zero-order valence-electron chi connectivity index (χ0n) is 10.8. The van der Waals surface area contributed by atoms with Crippen LogP contribution in [-0.2, 0) is 13.0 Å². The minimum Gasteiger partial charge on any atom is -0.493 e. The zero-order chi connectivity index (χ0) is 12.8. The lowest BCUT2D eigenvalue weighted by Gasteiger charge is -2.14. The molecule has 0 N–H and O–H groups in total. The van der Waals surface area contributed by atoms with Gasteiger partial charge in [0.1, 0.15) is 6.61 Å². The molecule has 0 aliphatic rings. The van der Waals surface area contributed by atoms with Gasteiger partial charge < -0.3 is 9.47 Å². The molecule has 0 atom stereocenters. The third-order valence-electron chi connectivity index (χ3n) is 2.89. The van der Waals surface area contributed by atoms with E-state index in [9.17, 15) is 0 Å². The highest BCUT2D eigenvalue weighted by molar-refractivity contribution is 5.46. The van der Waals surface area contributed by atoms with E-state index in [4.69, 9.17) is 9.47 Å². The molecule has 0 heterocycles. The first-order valence-corrected chi connectivity index (χ1v) is 6.17. The van der Waals surface area contributed by atoms with Crippen molar-refractivity contribution in [3.05, 3.63) is 59.7 Å². The first kappa shape index (κ1) is 12.5. The van der Waals surface area contributed by atoms with Crippen LogP contribution in [0.25, 0.3) is 0 Å². The predicted molar refractivity (Wildman–Crippen MR) is 73.1 cm³/mol. The van der Waals surface area contributed by atoms with Crippen molar-refractivity contribution in [2.24, 2.45) is 0 Å². The van der Waals surface area contributed by atoms with Crippen molar-refractivity contribution in [2.75, 3.05) is 7.11 Å². The van der Waals surface area contributed by atoms with Gasteiger partial charge in [0, 0.05) is 0 Å². The molecule has 0 aromatic heterocycles. The van der Waals surface area contributed by atoms with Crippen molar-refractivity contribution < 1.29 is 9.47 Å². The molecule has 2 aromatic rings. The highest BCUT2D eigenvalue weighted by Crippen LogP contribution is 2.31. The molecule has 0 radical (unpaired) electrons. The second-order valence-corrected chi connectivity index (χ2v) is 4.08. The molecule has 0 saturated heterocycles. The topological polar surface area (TPSA) is 18.5 Å². The highest BCUT2D eigenvalue weighted by Gasteiger charge is 2.09. The van der Waals surface area contributed by atoms with Crippen molar-refractivity contribution in [1.82, 2.24) is 0 Å². The monoisotopic (exact) mass is 242 g/mol. The Bertz CT molecular complexity index is 469. The lowest BCUT2D eigenvalue weighted by atomic mass is 10.1. The van der Waals surface area contributed by atoms with E-state index in [1.807, 2.05) is 30.3 Å². The van der Waals surface area contributed by atoms with E-state index in [-0.39, 0.29) is 0 Å². The van der Waals surface area contributed by atoms with Crippen molar-refractivity contribution in [2.45, 2.75) is 20.0 Å². The molecule has 2 aromatic carbocycles. The van der Waals surface area contributed by atoms with Gasteiger partial charge in [0.05, 0.1) is 7.11 Å². The summed E-state index contributed by atoms with van der Waals surface area (Å²) in [5.41, 5.74) is 2.33. The minimum atomic E-state index is 0.564. The predicted octanol–water partition coefficient (Wildman–Crippen LogP) is 3.84. The molecule has 0 aliphatic heterocycles. The average Bonchev–Trinajstić information content (AvgIpc) is 2.45. The normalized spacial score (nSPS) is 10.1. The lowest BCUT2D eigenvalue weighted by molar-refractivity contribution is 0.281. The number of ether oxygens (including phenoxy) is 2.